The van der Waals surface area contributed by atoms with Crippen LogP contribution in [0.3, 0.4) is 0 Å². The van der Waals surface area contributed by atoms with E-state index >= 15 is 0 Å². The molecule has 2 atom stereocenters. The predicted molar refractivity (Wildman–Crippen MR) is 69.6 cm³/mol. The van der Waals surface area contributed by atoms with Gasteiger partial charge in [0.05, 0.1) is 12.2 Å². The van der Waals surface area contributed by atoms with Gasteiger partial charge in [0.2, 0.25) is 0 Å². The van der Waals surface area contributed by atoms with Crippen molar-refractivity contribution in [3.8, 4) is 0 Å². The zero-order valence-corrected chi connectivity index (χ0v) is 11.7. The molecule has 2 unspecified atom stereocenters. The summed E-state index contributed by atoms with van der Waals surface area (Å²) >= 11 is 0. The smallest absolute Gasteiger partial charge is 0.0602 e. The minimum atomic E-state index is -0.208. The average molecular weight is 230 g/mol. The van der Waals surface area contributed by atoms with Crippen molar-refractivity contribution in [3.63, 3.8) is 0 Å². The van der Waals surface area contributed by atoms with Gasteiger partial charge in [-0.2, -0.15) is 0 Å². The Balaban J connectivity index is 3.97. The number of ether oxygens (including phenoxy) is 1. The average Bonchev–Trinajstić information content (AvgIpc) is 2.11. The van der Waals surface area contributed by atoms with Gasteiger partial charge in [-0.1, -0.05) is 34.6 Å². The third kappa shape index (κ3) is 9.17. The molecule has 0 rings (SSSR count). The highest BCUT2D eigenvalue weighted by Gasteiger charge is 2.17. The lowest BCUT2D eigenvalue weighted by Crippen LogP contribution is -2.24. The van der Waals surface area contributed by atoms with Crippen LogP contribution in [0.4, 0.5) is 0 Å². The van der Waals surface area contributed by atoms with E-state index in [9.17, 15) is 5.11 Å². The van der Waals surface area contributed by atoms with Crippen LogP contribution < -0.4 is 0 Å². The fraction of sp³-hybridized carbons (Fsp3) is 1.00. The van der Waals surface area contributed by atoms with Crippen LogP contribution in [0, 0.1) is 11.8 Å². The standard InChI is InChI=1S/C14H30O2/c1-6-7-16-14(9-12(4)5)10-13(15)8-11(2)3/h11-15H,6-10H2,1-5H3. The molecule has 0 aliphatic heterocycles. The molecule has 0 aliphatic rings. The molecular weight excluding hydrogens is 200 g/mol. The monoisotopic (exact) mass is 230 g/mol. The summed E-state index contributed by atoms with van der Waals surface area (Å²) in [4.78, 5) is 0. The summed E-state index contributed by atoms with van der Waals surface area (Å²) in [5.74, 6) is 1.19. The Kier molecular flexibility index (Phi) is 8.96. The molecule has 1 N–H and O–H groups in total. The number of aliphatic hydroxyl groups excluding tert-OH is 1. The van der Waals surface area contributed by atoms with Crippen molar-refractivity contribution in [3.05, 3.63) is 0 Å². The summed E-state index contributed by atoms with van der Waals surface area (Å²) in [6.45, 7) is 11.6. The van der Waals surface area contributed by atoms with Gasteiger partial charge in [0, 0.05) is 6.61 Å². The van der Waals surface area contributed by atoms with E-state index in [2.05, 4.69) is 34.6 Å². The fourth-order valence-corrected chi connectivity index (χ4v) is 1.99. The topological polar surface area (TPSA) is 29.5 Å². The van der Waals surface area contributed by atoms with E-state index in [1.54, 1.807) is 0 Å². The first-order valence-corrected chi connectivity index (χ1v) is 6.75. The molecule has 0 spiro atoms. The fourth-order valence-electron chi connectivity index (χ4n) is 1.99. The second kappa shape index (κ2) is 9.00. The van der Waals surface area contributed by atoms with Gasteiger partial charge in [-0.25, -0.2) is 0 Å². The van der Waals surface area contributed by atoms with E-state index in [4.69, 9.17) is 4.74 Å². The molecule has 0 amide bonds. The Morgan fingerprint density at radius 1 is 0.938 bits per heavy atom. The minimum absolute atomic E-state index is 0.208. The molecule has 2 nitrogen and oxygen atoms in total. The first kappa shape index (κ1) is 15.9. The molecule has 0 fully saturated rings. The van der Waals surface area contributed by atoms with Crippen molar-refractivity contribution >= 4 is 0 Å². The van der Waals surface area contributed by atoms with E-state index in [-0.39, 0.29) is 12.2 Å². The Labute approximate surface area is 101 Å². The maximum Gasteiger partial charge on any atom is 0.0602 e. The molecule has 0 saturated carbocycles. The van der Waals surface area contributed by atoms with Crippen molar-refractivity contribution in [2.45, 2.75) is 72.5 Å². The summed E-state index contributed by atoms with van der Waals surface area (Å²) in [5, 5.41) is 9.92. The normalized spacial score (nSPS) is 15.8. The number of aliphatic hydroxyl groups is 1. The van der Waals surface area contributed by atoms with Gasteiger partial charge < -0.3 is 9.84 Å². The first-order valence-electron chi connectivity index (χ1n) is 6.75. The third-order valence-electron chi connectivity index (χ3n) is 2.57. The van der Waals surface area contributed by atoms with Crippen LogP contribution in [0.25, 0.3) is 0 Å². The van der Waals surface area contributed by atoms with Crippen molar-refractivity contribution in [2.24, 2.45) is 11.8 Å². The summed E-state index contributed by atoms with van der Waals surface area (Å²) < 4.78 is 5.79. The van der Waals surface area contributed by atoms with Gasteiger partial charge in [-0.15, -0.1) is 0 Å². The van der Waals surface area contributed by atoms with Gasteiger partial charge in [0.1, 0.15) is 0 Å². The SMILES string of the molecule is CCCOC(CC(C)C)CC(O)CC(C)C. The maximum absolute atomic E-state index is 9.92. The van der Waals surface area contributed by atoms with Gasteiger partial charge in [-0.05, 0) is 37.5 Å². The Morgan fingerprint density at radius 3 is 1.94 bits per heavy atom. The molecule has 0 aliphatic carbocycles. The van der Waals surface area contributed by atoms with Crippen molar-refractivity contribution < 1.29 is 9.84 Å². The number of hydrogen-bond acceptors (Lipinski definition) is 2. The lowest BCUT2D eigenvalue weighted by atomic mass is 9.96. The lowest BCUT2D eigenvalue weighted by Gasteiger charge is -2.23. The third-order valence-corrected chi connectivity index (χ3v) is 2.57. The van der Waals surface area contributed by atoms with Crippen LogP contribution in [0.5, 0.6) is 0 Å². The number of rotatable bonds is 9. The molecule has 0 aromatic heterocycles. The molecular formula is C14H30O2. The molecule has 0 heterocycles. The summed E-state index contributed by atoms with van der Waals surface area (Å²) in [5.41, 5.74) is 0. The Hall–Kier alpha value is -0.0800. The molecule has 0 aromatic carbocycles. The maximum atomic E-state index is 9.92. The van der Waals surface area contributed by atoms with Gasteiger partial charge in [0.15, 0.2) is 0 Å². The van der Waals surface area contributed by atoms with E-state index < -0.39 is 0 Å². The van der Waals surface area contributed by atoms with Crippen LogP contribution >= 0.6 is 0 Å². The molecule has 2 heteroatoms. The Bertz CT molecular complexity index is 155. The van der Waals surface area contributed by atoms with Gasteiger partial charge in [-0.3, -0.25) is 0 Å². The largest absolute Gasteiger partial charge is 0.393 e. The lowest BCUT2D eigenvalue weighted by molar-refractivity contribution is -0.00142. The highest BCUT2D eigenvalue weighted by atomic mass is 16.5. The van der Waals surface area contributed by atoms with E-state index in [0.29, 0.717) is 11.8 Å². The van der Waals surface area contributed by atoms with E-state index in [0.717, 1.165) is 32.3 Å². The molecule has 98 valence electrons. The van der Waals surface area contributed by atoms with E-state index in [1.165, 1.54) is 0 Å². The zero-order chi connectivity index (χ0) is 12.6. The molecule has 16 heavy (non-hydrogen) atoms. The van der Waals surface area contributed by atoms with Crippen LogP contribution in [0.15, 0.2) is 0 Å². The molecule has 0 saturated heterocycles. The Morgan fingerprint density at radius 2 is 1.50 bits per heavy atom. The second-order valence-corrected chi connectivity index (χ2v) is 5.64. The van der Waals surface area contributed by atoms with Crippen LogP contribution in [-0.2, 0) is 4.74 Å². The zero-order valence-electron chi connectivity index (χ0n) is 11.7. The number of hydrogen-bond donors (Lipinski definition) is 1. The quantitative estimate of drug-likeness (QED) is 0.655. The van der Waals surface area contributed by atoms with Crippen LogP contribution in [-0.4, -0.2) is 23.9 Å². The highest BCUT2D eigenvalue weighted by molar-refractivity contribution is 4.68. The molecule has 0 aromatic rings. The van der Waals surface area contributed by atoms with Crippen molar-refractivity contribution in [2.75, 3.05) is 6.61 Å². The summed E-state index contributed by atoms with van der Waals surface area (Å²) in [6, 6.07) is 0. The minimum Gasteiger partial charge on any atom is -0.393 e. The first-order chi connectivity index (χ1) is 7.45. The van der Waals surface area contributed by atoms with Crippen LogP contribution in [0.2, 0.25) is 0 Å². The van der Waals surface area contributed by atoms with Gasteiger partial charge in [0.25, 0.3) is 0 Å². The highest BCUT2D eigenvalue weighted by Crippen LogP contribution is 2.17. The summed E-state index contributed by atoms with van der Waals surface area (Å²) in [6.07, 6.45) is 3.79. The predicted octanol–water partition coefficient (Wildman–Crippen LogP) is 3.62. The molecule has 0 bridgehead atoms. The van der Waals surface area contributed by atoms with Crippen molar-refractivity contribution in [1.29, 1.82) is 0 Å². The molecule has 0 radical (unpaired) electrons. The van der Waals surface area contributed by atoms with Crippen LogP contribution in [0.1, 0.15) is 60.3 Å². The van der Waals surface area contributed by atoms with E-state index in [1.807, 2.05) is 0 Å². The van der Waals surface area contributed by atoms with Gasteiger partial charge >= 0.3 is 0 Å². The second-order valence-electron chi connectivity index (χ2n) is 5.64. The summed E-state index contributed by atoms with van der Waals surface area (Å²) in [7, 11) is 0. The van der Waals surface area contributed by atoms with Crippen molar-refractivity contribution in [1.82, 2.24) is 0 Å².